The van der Waals surface area contributed by atoms with E-state index < -0.39 is 0 Å². The molecule has 1 aliphatic rings. The fraction of sp³-hybridized carbons (Fsp3) is 0.333. The molecule has 0 saturated carbocycles. The molecule has 1 unspecified atom stereocenters. The lowest BCUT2D eigenvalue weighted by Gasteiger charge is -2.05. The molecule has 0 saturated heterocycles. The van der Waals surface area contributed by atoms with Gasteiger partial charge in [0.25, 0.3) is 0 Å². The maximum Gasteiger partial charge on any atom is 0.245 e. The average Bonchev–Trinajstić information content (AvgIpc) is 2.10. The van der Waals surface area contributed by atoms with Crippen LogP contribution in [0.2, 0.25) is 0 Å². The third-order valence-electron chi connectivity index (χ3n) is 1.63. The van der Waals surface area contributed by atoms with E-state index in [-0.39, 0.29) is 24.4 Å². The van der Waals surface area contributed by atoms with E-state index in [0.29, 0.717) is 0 Å². The van der Waals surface area contributed by atoms with Gasteiger partial charge < -0.3 is 10.6 Å². The molecule has 0 aromatic heterocycles. The van der Waals surface area contributed by atoms with Gasteiger partial charge in [0.1, 0.15) is 0 Å². The molecule has 0 bridgehead atoms. The van der Waals surface area contributed by atoms with Gasteiger partial charge >= 0.3 is 0 Å². The molecule has 4 heteroatoms. The van der Waals surface area contributed by atoms with Crippen molar-refractivity contribution in [3.05, 3.63) is 24.3 Å². The predicted octanol–water partition coefficient (Wildman–Crippen LogP) is -0.0616. The quantitative estimate of drug-likeness (QED) is 0.548. The smallest absolute Gasteiger partial charge is 0.245 e. The molecule has 1 rings (SSSR count). The number of carbonyl (C=O) groups excluding carboxylic acids is 2. The Labute approximate surface area is 76.7 Å². The largest absolute Gasteiger partial charge is 0.335 e. The summed E-state index contributed by atoms with van der Waals surface area (Å²) >= 11 is 0. The fourth-order valence-electron chi connectivity index (χ4n) is 0.879. The third-order valence-corrected chi connectivity index (χ3v) is 1.63. The molecule has 13 heavy (non-hydrogen) atoms. The van der Waals surface area contributed by atoms with Crippen molar-refractivity contribution in [2.24, 2.45) is 5.92 Å². The Hall–Kier alpha value is -1.58. The maximum atomic E-state index is 11.0. The van der Waals surface area contributed by atoms with E-state index in [1.165, 1.54) is 12.2 Å². The van der Waals surface area contributed by atoms with Crippen LogP contribution in [0, 0.1) is 5.92 Å². The fourth-order valence-corrected chi connectivity index (χ4v) is 0.879. The van der Waals surface area contributed by atoms with E-state index in [1.807, 2.05) is 6.92 Å². The Morgan fingerprint density at radius 1 is 1.15 bits per heavy atom. The van der Waals surface area contributed by atoms with E-state index in [1.54, 1.807) is 12.2 Å². The monoisotopic (exact) mass is 180 g/mol. The van der Waals surface area contributed by atoms with Crippen molar-refractivity contribution in [1.29, 1.82) is 0 Å². The minimum Gasteiger partial charge on any atom is -0.335 e. The molecule has 4 nitrogen and oxygen atoms in total. The molecule has 0 spiro atoms. The first-order valence-electron chi connectivity index (χ1n) is 4.10. The normalized spacial score (nSPS) is 26.1. The number of hydrogen-bond donors (Lipinski definition) is 2. The van der Waals surface area contributed by atoms with Gasteiger partial charge in [-0.05, 0) is 18.1 Å². The number of amides is 2. The average molecular weight is 180 g/mol. The van der Waals surface area contributed by atoms with Gasteiger partial charge in [0.2, 0.25) is 11.8 Å². The Balaban J connectivity index is 2.69. The zero-order valence-corrected chi connectivity index (χ0v) is 7.41. The van der Waals surface area contributed by atoms with Crippen LogP contribution < -0.4 is 10.6 Å². The van der Waals surface area contributed by atoms with Crippen LogP contribution >= 0.6 is 0 Å². The van der Waals surface area contributed by atoms with Crippen LogP contribution in [0.5, 0.6) is 0 Å². The second-order valence-electron chi connectivity index (χ2n) is 2.84. The van der Waals surface area contributed by atoms with Crippen LogP contribution in [0.25, 0.3) is 0 Å². The minimum atomic E-state index is -0.192. The lowest BCUT2D eigenvalue weighted by molar-refractivity contribution is -0.118. The van der Waals surface area contributed by atoms with Crippen LogP contribution in [-0.2, 0) is 9.59 Å². The van der Waals surface area contributed by atoms with Gasteiger partial charge in [0.05, 0.1) is 6.67 Å². The molecule has 1 heterocycles. The Bertz CT molecular complexity index is 243. The molecule has 1 aliphatic heterocycles. The lowest BCUT2D eigenvalue weighted by Crippen LogP contribution is -2.36. The summed E-state index contributed by atoms with van der Waals surface area (Å²) in [5.74, 6) is -0.292. The van der Waals surface area contributed by atoms with Crippen molar-refractivity contribution in [1.82, 2.24) is 10.6 Å². The first-order valence-corrected chi connectivity index (χ1v) is 4.10. The van der Waals surface area contributed by atoms with Crippen LogP contribution in [0.4, 0.5) is 0 Å². The highest BCUT2D eigenvalue weighted by Crippen LogP contribution is 1.99. The van der Waals surface area contributed by atoms with E-state index in [2.05, 4.69) is 10.6 Å². The van der Waals surface area contributed by atoms with Gasteiger partial charge in [0, 0.05) is 0 Å². The van der Waals surface area contributed by atoms with Gasteiger partial charge in [-0.15, -0.1) is 0 Å². The highest BCUT2D eigenvalue weighted by Gasteiger charge is 2.01. The standard InChI is InChI=1S/C9H12N2O2/c1-7-2-4-8(12)10-6-11-9(13)5-3-7/h2-5,7H,6H2,1H3,(H,10,12)(H,11,13)/b4-2-,5-3?. The highest BCUT2D eigenvalue weighted by atomic mass is 16.2. The van der Waals surface area contributed by atoms with Crippen molar-refractivity contribution in [2.75, 3.05) is 6.67 Å². The zero-order chi connectivity index (χ0) is 9.68. The summed E-state index contributed by atoms with van der Waals surface area (Å²) in [5.41, 5.74) is 0. The highest BCUT2D eigenvalue weighted by molar-refractivity contribution is 5.90. The topological polar surface area (TPSA) is 58.2 Å². The maximum absolute atomic E-state index is 11.0. The van der Waals surface area contributed by atoms with Crippen LogP contribution in [0.1, 0.15) is 6.92 Å². The van der Waals surface area contributed by atoms with Crippen LogP contribution in [-0.4, -0.2) is 18.5 Å². The second kappa shape index (κ2) is 4.45. The molecule has 70 valence electrons. The summed E-state index contributed by atoms with van der Waals surface area (Å²) in [6.07, 6.45) is 6.41. The van der Waals surface area contributed by atoms with Crippen LogP contribution in [0.15, 0.2) is 24.3 Å². The predicted molar refractivity (Wildman–Crippen MR) is 48.6 cm³/mol. The van der Waals surface area contributed by atoms with E-state index in [4.69, 9.17) is 0 Å². The molecular formula is C9H12N2O2. The summed E-state index contributed by atoms with van der Waals surface area (Å²) in [6, 6.07) is 0. The van der Waals surface area contributed by atoms with E-state index in [0.717, 1.165) is 0 Å². The van der Waals surface area contributed by atoms with Gasteiger partial charge in [-0.1, -0.05) is 19.1 Å². The molecule has 0 aromatic carbocycles. The van der Waals surface area contributed by atoms with Gasteiger partial charge in [-0.3, -0.25) is 9.59 Å². The minimum absolute atomic E-state index is 0.0922. The van der Waals surface area contributed by atoms with Gasteiger partial charge in [0.15, 0.2) is 0 Å². The number of hydrogen-bond acceptors (Lipinski definition) is 2. The Morgan fingerprint density at radius 2 is 1.62 bits per heavy atom. The molecule has 1 atom stereocenters. The van der Waals surface area contributed by atoms with Crippen molar-refractivity contribution in [3.63, 3.8) is 0 Å². The lowest BCUT2D eigenvalue weighted by atomic mass is 10.1. The summed E-state index contributed by atoms with van der Waals surface area (Å²) < 4.78 is 0. The second-order valence-corrected chi connectivity index (χ2v) is 2.84. The van der Waals surface area contributed by atoms with Gasteiger partial charge in [-0.25, -0.2) is 0 Å². The zero-order valence-electron chi connectivity index (χ0n) is 7.41. The van der Waals surface area contributed by atoms with E-state index in [9.17, 15) is 9.59 Å². The molecule has 0 aromatic rings. The first-order chi connectivity index (χ1) is 6.18. The Kier molecular flexibility index (Phi) is 3.25. The van der Waals surface area contributed by atoms with E-state index >= 15 is 0 Å². The van der Waals surface area contributed by atoms with Crippen molar-refractivity contribution in [3.8, 4) is 0 Å². The molecule has 2 amide bonds. The summed E-state index contributed by atoms with van der Waals surface area (Å²) in [5, 5.41) is 5.02. The van der Waals surface area contributed by atoms with Crippen molar-refractivity contribution < 1.29 is 9.59 Å². The van der Waals surface area contributed by atoms with Crippen LogP contribution in [0.3, 0.4) is 0 Å². The molecular weight excluding hydrogens is 168 g/mol. The third kappa shape index (κ3) is 3.55. The molecule has 2 N–H and O–H groups in total. The molecule has 0 aliphatic carbocycles. The summed E-state index contributed by atoms with van der Waals surface area (Å²) in [6.45, 7) is 2.07. The number of rotatable bonds is 0. The molecule has 0 radical (unpaired) electrons. The van der Waals surface area contributed by atoms with Crippen molar-refractivity contribution in [2.45, 2.75) is 6.92 Å². The van der Waals surface area contributed by atoms with Crippen molar-refractivity contribution >= 4 is 11.8 Å². The first kappa shape index (κ1) is 9.51. The molecule has 0 fully saturated rings. The van der Waals surface area contributed by atoms with Gasteiger partial charge in [-0.2, -0.15) is 0 Å². The summed E-state index contributed by atoms with van der Waals surface area (Å²) in [4.78, 5) is 22.0. The number of allylic oxidation sites excluding steroid dienone is 2. The number of nitrogens with one attached hydrogen (secondary N) is 2. The number of carbonyl (C=O) groups is 2. The SMILES string of the molecule is CC1C=CC(=O)NCNC(=O)/C=C\1. The Morgan fingerprint density at radius 3 is 2.08 bits per heavy atom. The summed E-state index contributed by atoms with van der Waals surface area (Å²) in [7, 11) is 0.